The molecule has 0 aromatic carbocycles. The second-order valence-electron chi connectivity index (χ2n) is 3.36. The van der Waals surface area contributed by atoms with Crippen LogP contribution in [0.5, 0.6) is 0 Å². The molecule has 1 aromatic rings. The van der Waals surface area contributed by atoms with Gasteiger partial charge in [0.15, 0.2) is 16.6 Å². The largest absolute Gasteiger partial charge is 0.465 e. The summed E-state index contributed by atoms with van der Waals surface area (Å²) in [6.45, 7) is 1.90. The lowest BCUT2D eigenvalue weighted by Crippen LogP contribution is -2.34. The van der Waals surface area contributed by atoms with Crippen LogP contribution >= 0.6 is 12.2 Å². The van der Waals surface area contributed by atoms with Gasteiger partial charge < -0.3 is 20.1 Å². The Balaban J connectivity index is 2.62. The summed E-state index contributed by atoms with van der Waals surface area (Å²) in [5, 5.41) is 5.40. The summed E-state index contributed by atoms with van der Waals surface area (Å²) < 4.78 is 9.30. The van der Waals surface area contributed by atoms with Crippen molar-refractivity contribution in [3.8, 4) is 0 Å². The summed E-state index contributed by atoms with van der Waals surface area (Å²) in [5.74, 6) is -0.946. The molecule has 0 aliphatic heterocycles. The minimum Gasteiger partial charge on any atom is -0.465 e. The Morgan fingerprint density at radius 1 is 1.35 bits per heavy atom. The maximum atomic E-state index is 11.5. The molecule has 0 fully saturated rings. The molecular weight excluding hydrogens is 284 g/mol. The topological polar surface area (TPSA) is 102 Å². The number of ether oxygens (including phenoxy) is 2. The summed E-state index contributed by atoms with van der Waals surface area (Å²) in [6.07, 6.45) is 2.75. The molecule has 1 rings (SSSR count). The molecule has 0 saturated heterocycles. The molecule has 1 heterocycles. The Hall–Kier alpha value is -2.29. The lowest BCUT2D eigenvalue weighted by molar-refractivity contribution is -0.141. The van der Waals surface area contributed by atoms with Crippen LogP contribution in [0, 0.1) is 0 Å². The number of carbonyl (C=O) groups is 2. The number of carbonyl (C=O) groups excluding carboxylic acids is 2. The Kier molecular flexibility index (Phi) is 6.30. The van der Waals surface area contributed by atoms with Crippen LogP contribution in [0.2, 0.25) is 0 Å². The van der Waals surface area contributed by atoms with E-state index in [1.54, 1.807) is 6.92 Å². The average Bonchev–Trinajstić information content (AvgIpc) is 2.45. The van der Waals surface area contributed by atoms with Crippen LogP contribution < -0.4 is 10.6 Å². The molecule has 0 saturated carbocycles. The zero-order valence-electron chi connectivity index (χ0n) is 11.0. The molecule has 0 aliphatic carbocycles. The smallest absolute Gasteiger partial charge is 0.360 e. The SMILES string of the molecule is CCOC(=O)CNC(=S)Nc1nccnc1C(=O)OC. The fourth-order valence-corrected chi connectivity index (χ4v) is 1.36. The maximum absolute atomic E-state index is 11.5. The predicted octanol–water partition coefficient (Wildman–Crippen LogP) is 0.113. The zero-order chi connectivity index (χ0) is 15.0. The van der Waals surface area contributed by atoms with Crippen LogP contribution in [0.15, 0.2) is 12.4 Å². The number of hydrogen-bond acceptors (Lipinski definition) is 7. The number of anilines is 1. The van der Waals surface area contributed by atoms with Gasteiger partial charge in [-0.3, -0.25) is 4.79 Å². The van der Waals surface area contributed by atoms with Gasteiger partial charge in [0.2, 0.25) is 0 Å². The third-order valence-electron chi connectivity index (χ3n) is 2.01. The molecule has 0 amide bonds. The van der Waals surface area contributed by atoms with Crippen LogP contribution in [0.3, 0.4) is 0 Å². The lowest BCUT2D eigenvalue weighted by atomic mass is 10.4. The van der Waals surface area contributed by atoms with Gasteiger partial charge in [0.05, 0.1) is 13.7 Å². The quantitative estimate of drug-likeness (QED) is 0.579. The molecule has 0 atom stereocenters. The third kappa shape index (κ3) is 4.76. The summed E-state index contributed by atoms with van der Waals surface area (Å²) in [5.41, 5.74) is -0.00437. The molecule has 8 nitrogen and oxygen atoms in total. The molecule has 1 aromatic heterocycles. The van der Waals surface area contributed by atoms with E-state index in [9.17, 15) is 9.59 Å². The fourth-order valence-electron chi connectivity index (χ4n) is 1.19. The van der Waals surface area contributed by atoms with Crippen molar-refractivity contribution < 1.29 is 19.1 Å². The van der Waals surface area contributed by atoms with Crippen LogP contribution in [-0.2, 0) is 14.3 Å². The molecule has 0 unspecified atom stereocenters. The number of aromatic nitrogens is 2. The van der Waals surface area contributed by atoms with Crippen molar-refractivity contribution in [2.75, 3.05) is 25.6 Å². The van der Waals surface area contributed by atoms with Crippen molar-refractivity contribution >= 4 is 35.1 Å². The minimum atomic E-state index is -0.645. The van der Waals surface area contributed by atoms with Gasteiger partial charge >= 0.3 is 11.9 Å². The van der Waals surface area contributed by atoms with E-state index in [-0.39, 0.29) is 29.8 Å². The number of nitrogens with zero attached hydrogens (tertiary/aromatic N) is 2. The first-order valence-corrected chi connectivity index (χ1v) is 6.09. The number of esters is 2. The van der Waals surface area contributed by atoms with Crippen molar-refractivity contribution in [2.45, 2.75) is 6.92 Å². The van der Waals surface area contributed by atoms with Gasteiger partial charge in [0.1, 0.15) is 6.54 Å². The molecule has 0 bridgehead atoms. The van der Waals surface area contributed by atoms with Gasteiger partial charge in [0.25, 0.3) is 0 Å². The zero-order valence-corrected chi connectivity index (χ0v) is 11.8. The van der Waals surface area contributed by atoms with Crippen LogP contribution in [-0.4, -0.2) is 47.3 Å². The average molecular weight is 298 g/mol. The van der Waals surface area contributed by atoms with Gasteiger partial charge in [0, 0.05) is 12.4 Å². The van der Waals surface area contributed by atoms with Crippen LogP contribution in [0.25, 0.3) is 0 Å². The van der Waals surface area contributed by atoms with Crippen molar-refractivity contribution in [3.05, 3.63) is 18.1 Å². The molecule has 0 radical (unpaired) electrons. The molecule has 0 spiro atoms. The van der Waals surface area contributed by atoms with Crippen molar-refractivity contribution in [1.29, 1.82) is 0 Å². The van der Waals surface area contributed by atoms with Crippen LogP contribution in [0.1, 0.15) is 17.4 Å². The molecule has 2 N–H and O–H groups in total. The van der Waals surface area contributed by atoms with Crippen molar-refractivity contribution in [1.82, 2.24) is 15.3 Å². The van der Waals surface area contributed by atoms with Crippen LogP contribution in [0.4, 0.5) is 5.82 Å². The number of hydrogen-bond donors (Lipinski definition) is 2. The lowest BCUT2D eigenvalue weighted by Gasteiger charge is -2.10. The highest BCUT2D eigenvalue weighted by atomic mass is 32.1. The number of rotatable bonds is 5. The third-order valence-corrected chi connectivity index (χ3v) is 2.25. The summed E-state index contributed by atoms with van der Waals surface area (Å²) in [6, 6.07) is 0. The van der Waals surface area contributed by atoms with Gasteiger partial charge in [-0.1, -0.05) is 0 Å². The Labute approximate surface area is 120 Å². The molecule has 0 aliphatic rings. The fraction of sp³-hybridized carbons (Fsp3) is 0.364. The highest BCUT2D eigenvalue weighted by Gasteiger charge is 2.15. The predicted molar refractivity (Wildman–Crippen MR) is 74.2 cm³/mol. The summed E-state index contributed by atoms with van der Waals surface area (Å²) in [4.78, 5) is 30.4. The number of methoxy groups -OCH3 is 1. The first-order chi connectivity index (χ1) is 9.58. The van der Waals surface area contributed by atoms with E-state index in [0.29, 0.717) is 0 Å². The van der Waals surface area contributed by atoms with Gasteiger partial charge in [-0.2, -0.15) is 0 Å². The Morgan fingerprint density at radius 3 is 2.70 bits per heavy atom. The molecule has 108 valence electrons. The standard InChI is InChI=1S/C11H14N4O4S/c1-3-19-7(16)6-14-11(20)15-9-8(10(17)18-2)12-4-5-13-9/h4-5H,3,6H2,1-2H3,(H2,13,14,15,20). The normalized spacial score (nSPS) is 9.50. The monoisotopic (exact) mass is 298 g/mol. The highest BCUT2D eigenvalue weighted by Crippen LogP contribution is 2.09. The Morgan fingerprint density at radius 2 is 2.05 bits per heavy atom. The Bertz CT molecular complexity index is 509. The second-order valence-corrected chi connectivity index (χ2v) is 3.77. The van der Waals surface area contributed by atoms with E-state index in [1.807, 2.05) is 0 Å². The van der Waals surface area contributed by atoms with E-state index in [1.165, 1.54) is 19.5 Å². The van der Waals surface area contributed by atoms with Crippen molar-refractivity contribution in [2.24, 2.45) is 0 Å². The first-order valence-electron chi connectivity index (χ1n) is 5.68. The molecule has 9 heteroatoms. The van der Waals surface area contributed by atoms with E-state index >= 15 is 0 Å². The number of nitrogens with one attached hydrogen (secondary N) is 2. The van der Waals surface area contributed by atoms with Crippen molar-refractivity contribution in [3.63, 3.8) is 0 Å². The van der Waals surface area contributed by atoms with E-state index < -0.39 is 11.9 Å². The first kappa shape index (κ1) is 15.8. The number of thiocarbonyl (C=S) groups is 1. The minimum absolute atomic E-state index is 0.00437. The van der Waals surface area contributed by atoms with Gasteiger partial charge in [-0.25, -0.2) is 14.8 Å². The summed E-state index contributed by atoms with van der Waals surface area (Å²) in [7, 11) is 1.23. The molecular formula is C11H14N4O4S. The second kappa shape index (κ2) is 8.00. The molecule has 20 heavy (non-hydrogen) atoms. The van der Waals surface area contributed by atoms with E-state index in [2.05, 4.69) is 25.3 Å². The van der Waals surface area contributed by atoms with E-state index in [4.69, 9.17) is 17.0 Å². The summed E-state index contributed by atoms with van der Waals surface area (Å²) >= 11 is 4.97. The van der Waals surface area contributed by atoms with E-state index in [0.717, 1.165) is 0 Å². The van der Waals surface area contributed by atoms with Gasteiger partial charge in [-0.05, 0) is 19.1 Å². The van der Waals surface area contributed by atoms with Gasteiger partial charge in [-0.15, -0.1) is 0 Å². The highest BCUT2D eigenvalue weighted by molar-refractivity contribution is 7.80. The maximum Gasteiger partial charge on any atom is 0.360 e.